The fourth-order valence-corrected chi connectivity index (χ4v) is 2.76. The number of nitrogens with one attached hydrogen (secondary N) is 1. The topological polar surface area (TPSA) is 79.5 Å². The molecule has 1 aliphatic heterocycles. The minimum absolute atomic E-state index is 0.136. The van der Waals surface area contributed by atoms with Crippen molar-refractivity contribution in [3.8, 4) is 0 Å². The molecule has 1 aromatic carbocycles. The summed E-state index contributed by atoms with van der Waals surface area (Å²) in [7, 11) is 0. The van der Waals surface area contributed by atoms with E-state index in [2.05, 4.69) is 21.2 Å². The van der Waals surface area contributed by atoms with E-state index in [4.69, 9.17) is 4.42 Å². The van der Waals surface area contributed by atoms with Gasteiger partial charge in [-0.1, -0.05) is 15.9 Å². The largest absolute Gasteiger partial charge is 0.458 e. The summed E-state index contributed by atoms with van der Waals surface area (Å²) >= 11 is 3.30. The van der Waals surface area contributed by atoms with Gasteiger partial charge < -0.3 is 14.8 Å². The van der Waals surface area contributed by atoms with Gasteiger partial charge in [0, 0.05) is 15.7 Å². The monoisotopic (exact) mass is 349 g/mol. The van der Waals surface area contributed by atoms with Crippen molar-refractivity contribution in [1.82, 2.24) is 0 Å². The maximum atomic E-state index is 12.2. The Morgan fingerprint density at radius 3 is 2.81 bits per heavy atom. The zero-order valence-corrected chi connectivity index (χ0v) is 12.7. The first-order chi connectivity index (χ1) is 9.90. The number of hydrogen-bond donors (Lipinski definition) is 2. The van der Waals surface area contributed by atoms with Crippen LogP contribution in [0.3, 0.4) is 0 Å². The second-order valence-electron chi connectivity index (χ2n) is 5.01. The number of carbonyl (C=O) groups excluding carboxylic acids is 2. The van der Waals surface area contributed by atoms with Gasteiger partial charge in [0.1, 0.15) is 5.76 Å². The molecule has 0 radical (unpaired) electrons. The molecular formula is C15H12BrNO4. The first-order valence-corrected chi connectivity index (χ1v) is 7.13. The van der Waals surface area contributed by atoms with Gasteiger partial charge in [0.2, 0.25) is 5.78 Å². The molecule has 0 saturated carbocycles. The minimum atomic E-state index is -1.88. The summed E-state index contributed by atoms with van der Waals surface area (Å²) in [5.74, 6) is -0.290. The Morgan fingerprint density at radius 2 is 2.14 bits per heavy atom. The van der Waals surface area contributed by atoms with Crippen molar-refractivity contribution in [2.75, 3.05) is 5.32 Å². The number of aryl methyl sites for hydroxylation is 1. The molecule has 1 amide bonds. The summed E-state index contributed by atoms with van der Waals surface area (Å²) in [6.07, 6.45) is -0.366. The molecule has 108 valence electrons. The highest BCUT2D eigenvalue weighted by Crippen LogP contribution is 2.40. The second-order valence-corrected chi connectivity index (χ2v) is 5.93. The highest BCUT2D eigenvalue weighted by atomic mass is 79.9. The molecule has 0 bridgehead atoms. The Labute approximate surface area is 129 Å². The van der Waals surface area contributed by atoms with Crippen LogP contribution in [-0.4, -0.2) is 16.8 Å². The van der Waals surface area contributed by atoms with E-state index in [9.17, 15) is 14.7 Å². The third-order valence-electron chi connectivity index (χ3n) is 3.48. The average Bonchev–Trinajstić information content (AvgIpc) is 2.95. The van der Waals surface area contributed by atoms with Crippen LogP contribution in [-0.2, 0) is 10.4 Å². The number of halogens is 1. The maximum Gasteiger partial charge on any atom is 0.261 e. The number of Topliss-reactive ketones (excluding diaryl/α,β-unsaturated/α-hetero) is 1. The summed E-state index contributed by atoms with van der Waals surface area (Å²) in [6.45, 7) is 1.72. The number of benzene rings is 1. The van der Waals surface area contributed by atoms with Crippen molar-refractivity contribution in [2.45, 2.75) is 18.9 Å². The van der Waals surface area contributed by atoms with E-state index in [0.717, 1.165) is 4.47 Å². The maximum absolute atomic E-state index is 12.2. The van der Waals surface area contributed by atoms with E-state index in [-0.39, 0.29) is 12.2 Å². The van der Waals surface area contributed by atoms with Crippen LogP contribution in [0.1, 0.15) is 28.3 Å². The SMILES string of the molecule is Cc1ccc(C(=O)C[C@@]2(O)C(=O)Nc3ccc(Br)cc32)o1. The molecule has 2 N–H and O–H groups in total. The van der Waals surface area contributed by atoms with Crippen LogP contribution in [0.4, 0.5) is 5.69 Å². The van der Waals surface area contributed by atoms with E-state index >= 15 is 0 Å². The lowest BCUT2D eigenvalue weighted by atomic mass is 9.89. The number of ketones is 1. The Hall–Kier alpha value is -1.92. The Balaban J connectivity index is 1.96. The number of furan rings is 1. The van der Waals surface area contributed by atoms with Crippen molar-refractivity contribution in [2.24, 2.45) is 0 Å². The molecule has 2 heterocycles. The molecule has 0 fully saturated rings. The number of rotatable bonds is 3. The predicted octanol–water partition coefficient (Wildman–Crippen LogP) is 2.76. The molecule has 0 saturated heterocycles. The van der Waals surface area contributed by atoms with Crippen LogP contribution in [0.5, 0.6) is 0 Å². The normalized spacial score (nSPS) is 20.2. The van der Waals surface area contributed by atoms with E-state index in [0.29, 0.717) is 17.0 Å². The lowest BCUT2D eigenvalue weighted by molar-refractivity contribution is -0.133. The Bertz CT molecular complexity index is 752. The van der Waals surface area contributed by atoms with Gasteiger partial charge >= 0.3 is 0 Å². The number of aliphatic hydroxyl groups is 1. The fourth-order valence-electron chi connectivity index (χ4n) is 2.40. The van der Waals surface area contributed by atoms with Gasteiger partial charge in [0.05, 0.1) is 6.42 Å². The van der Waals surface area contributed by atoms with E-state index in [1.165, 1.54) is 6.07 Å². The van der Waals surface area contributed by atoms with Gasteiger partial charge in [-0.25, -0.2) is 0 Å². The van der Waals surface area contributed by atoms with Crippen LogP contribution in [0, 0.1) is 6.92 Å². The fraction of sp³-hybridized carbons (Fsp3) is 0.200. The quantitative estimate of drug-likeness (QED) is 0.835. The number of amides is 1. The third-order valence-corrected chi connectivity index (χ3v) is 3.98. The first kappa shape index (κ1) is 14.0. The van der Waals surface area contributed by atoms with E-state index < -0.39 is 17.3 Å². The van der Waals surface area contributed by atoms with Gasteiger partial charge in [0.25, 0.3) is 5.91 Å². The molecule has 21 heavy (non-hydrogen) atoms. The van der Waals surface area contributed by atoms with Crippen LogP contribution in [0.25, 0.3) is 0 Å². The van der Waals surface area contributed by atoms with Crippen LogP contribution in [0.15, 0.2) is 39.2 Å². The molecule has 0 unspecified atom stereocenters. The molecule has 2 aromatic rings. The Morgan fingerprint density at radius 1 is 1.38 bits per heavy atom. The smallest absolute Gasteiger partial charge is 0.261 e. The van der Waals surface area contributed by atoms with Gasteiger partial charge in [-0.05, 0) is 37.3 Å². The van der Waals surface area contributed by atoms with Gasteiger partial charge in [-0.2, -0.15) is 0 Å². The molecule has 1 atom stereocenters. The van der Waals surface area contributed by atoms with Crippen molar-refractivity contribution in [1.29, 1.82) is 0 Å². The number of hydrogen-bond acceptors (Lipinski definition) is 4. The highest BCUT2D eigenvalue weighted by Gasteiger charge is 2.47. The van der Waals surface area contributed by atoms with Crippen molar-refractivity contribution < 1.29 is 19.1 Å². The first-order valence-electron chi connectivity index (χ1n) is 6.33. The van der Waals surface area contributed by atoms with E-state index in [1.807, 2.05) is 0 Å². The molecule has 1 aliphatic rings. The van der Waals surface area contributed by atoms with Crippen molar-refractivity contribution in [3.05, 3.63) is 51.9 Å². The predicted molar refractivity (Wildman–Crippen MR) is 79.1 cm³/mol. The van der Waals surface area contributed by atoms with Crippen LogP contribution < -0.4 is 5.32 Å². The van der Waals surface area contributed by atoms with Crippen molar-refractivity contribution >= 4 is 33.3 Å². The minimum Gasteiger partial charge on any atom is -0.458 e. The van der Waals surface area contributed by atoms with Crippen LogP contribution in [0.2, 0.25) is 0 Å². The Kier molecular flexibility index (Phi) is 3.22. The summed E-state index contributed by atoms with van der Waals surface area (Å²) in [6, 6.07) is 8.26. The average molecular weight is 350 g/mol. The summed E-state index contributed by atoms with van der Waals surface area (Å²) in [4.78, 5) is 24.3. The van der Waals surface area contributed by atoms with Gasteiger partial charge in [-0.3, -0.25) is 9.59 Å². The molecule has 0 aliphatic carbocycles. The number of carbonyl (C=O) groups is 2. The summed E-state index contributed by atoms with van der Waals surface area (Å²) in [5, 5.41) is 13.3. The lowest BCUT2D eigenvalue weighted by Gasteiger charge is -2.19. The van der Waals surface area contributed by atoms with Gasteiger partial charge in [0.15, 0.2) is 11.4 Å². The summed E-state index contributed by atoms with van der Waals surface area (Å²) < 4.78 is 5.97. The third kappa shape index (κ3) is 2.30. The molecule has 0 spiro atoms. The molecule has 6 heteroatoms. The molecular weight excluding hydrogens is 338 g/mol. The van der Waals surface area contributed by atoms with Crippen LogP contribution >= 0.6 is 15.9 Å². The standard InChI is InChI=1S/C15H12BrNO4/c1-8-2-5-13(21-8)12(18)7-15(20)10-6-9(16)3-4-11(10)17-14(15)19/h2-6,20H,7H2,1H3,(H,17,19)/t15-/m0/s1. The number of fused-ring (bicyclic) bond motifs is 1. The second kappa shape index (κ2) is 4.82. The lowest BCUT2D eigenvalue weighted by Crippen LogP contribution is -2.36. The zero-order valence-electron chi connectivity index (χ0n) is 11.1. The van der Waals surface area contributed by atoms with Gasteiger partial charge in [-0.15, -0.1) is 0 Å². The van der Waals surface area contributed by atoms with Crippen molar-refractivity contribution in [3.63, 3.8) is 0 Å². The number of anilines is 1. The molecule has 5 nitrogen and oxygen atoms in total. The molecule has 1 aromatic heterocycles. The zero-order chi connectivity index (χ0) is 15.2. The highest BCUT2D eigenvalue weighted by molar-refractivity contribution is 9.10. The van der Waals surface area contributed by atoms with E-state index in [1.54, 1.807) is 31.2 Å². The summed E-state index contributed by atoms with van der Waals surface area (Å²) in [5.41, 5.74) is -0.982. The molecule has 3 rings (SSSR count).